The fourth-order valence-electron chi connectivity index (χ4n) is 1.59. The Labute approximate surface area is 118 Å². The molecular formula is C14H21N3O3. The first-order chi connectivity index (χ1) is 9.56. The molecule has 0 aliphatic carbocycles. The number of ether oxygens (including phenoxy) is 1. The van der Waals surface area contributed by atoms with Crippen molar-refractivity contribution < 1.29 is 14.7 Å². The lowest BCUT2D eigenvalue weighted by Gasteiger charge is -2.09. The first-order valence-electron chi connectivity index (χ1n) is 6.43. The fraction of sp³-hybridized carbons (Fsp3) is 0.429. The molecule has 1 unspecified atom stereocenters. The van der Waals surface area contributed by atoms with Crippen molar-refractivity contribution in [1.82, 2.24) is 5.32 Å². The Morgan fingerprint density at radius 2 is 2.10 bits per heavy atom. The quantitative estimate of drug-likeness (QED) is 0.302. The number of carbonyl (C=O) groups excluding carboxylic acids is 1. The van der Waals surface area contributed by atoms with Gasteiger partial charge in [0, 0.05) is 25.6 Å². The second-order valence-corrected chi connectivity index (χ2v) is 4.54. The molecule has 0 aromatic heterocycles. The highest BCUT2D eigenvalue weighted by Crippen LogP contribution is 2.05. The van der Waals surface area contributed by atoms with Crippen LogP contribution < -0.4 is 11.1 Å². The maximum absolute atomic E-state index is 11.6. The molecule has 0 aliphatic rings. The summed E-state index contributed by atoms with van der Waals surface area (Å²) in [6.07, 6.45) is 1.22. The number of hydrogen-bond donors (Lipinski definition) is 3. The molecule has 0 bridgehead atoms. The zero-order valence-corrected chi connectivity index (χ0v) is 11.8. The number of methoxy groups -OCH3 is 1. The van der Waals surface area contributed by atoms with Gasteiger partial charge in [0.2, 0.25) is 5.91 Å². The van der Waals surface area contributed by atoms with E-state index in [4.69, 9.17) is 15.7 Å². The van der Waals surface area contributed by atoms with Crippen LogP contribution in [0.1, 0.15) is 30.9 Å². The van der Waals surface area contributed by atoms with Crippen LogP contribution in [0, 0.1) is 0 Å². The van der Waals surface area contributed by atoms with Crippen molar-refractivity contribution in [2.75, 3.05) is 7.11 Å². The molecule has 0 fully saturated rings. The number of oxime groups is 1. The monoisotopic (exact) mass is 279 g/mol. The Hall–Kier alpha value is -2.08. The molecule has 4 N–H and O–H groups in total. The van der Waals surface area contributed by atoms with Crippen LogP contribution in [0.25, 0.3) is 0 Å². The van der Waals surface area contributed by atoms with Gasteiger partial charge in [0.05, 0.1) is 6.10 Å². The highest BCUT2D eigenvalue weighted by atomic mass is 16.5. The normalized spacial score (nSPS) is 13.0. The van der Waals surface area contributed by atoms with E-state index >= 15 is 0 Å². The molecule has 110 valence electrons. The van der Waals surface area contributed by atoms with Gasteiger partial charge in [-0.1, -0.05) is 29.4 Å². The van der Waals surface area contributed by atoms with Crippen LogP contribution in [-0.2, 0) is 16.1 Å². The highest BCUT2D eigenvalue weighted by molar-refractivity contribution is 5.96. The van der Waals surface area contributed by atoms with E-state index in [1.54, 1.807) is 19.2 Å². The van der Waals surface area contributed by atoms with Crippen molar-refractivity contribution in [3.05, 3.63) is 35.4 Å². The average molecular weight is 279 g/mol. The number of benzene rings is 1. The minimum Gasteiger partial charge on any atom is -0.409 e. The van der Waals surface area contributed by atoms with E-state index < -0.39 is 0 Å². The van der Waals surface area contributed by atoms with Gasteiger partial charge >= 0.3 is 0 Å². The van der Waals surface area contributed by atoms with Crippen molar-refractivity contribution in [3.63, 3.8) is 0 Å². The first-order valence-corrected chi connectivity index (χ1v) is 6.43. The van der Waals surface area contributed by atoms with Crippen molar-refractivity contribution in [3.8, 4) is 0 Å². The van der Waals surface area contributed by atoms with Gasteiger partial charge in [0.15, 0.2) is 5.84 Å². The smallest absolute Gasteiger partial charge is 0.220 e. The van der Waals surface area contributed by atoms with Gasteiger partial charge in [0.25, 0.3) is 0 Å². The van der Waals surface area contributed by atoms with E-state index in [2.05, 4.69) is 10.5 Å². The van der Waals surface area contributed by atoms with Crippen LogP contribution in [0.4, 0.5) is 0 Å². The number of nitrogens with zero attached hydrogens (tertiary/aromatic N) is 1. The van der Waals surface area contributed by atoms with Crippen LogP contribution in [0.2, 0.25) is 0 Å². The van der Waals surface area contributed by atoms with E-state index in [0.29, 0.717) is 24.9 Å². The number of amides is 1. The summed E-state index contributed by atoms with van der Waals surface area (Å²) in [4.78, 5) is 11.6. The molecule has 1 amide bonds. The Morgan fingerprint density at radius 1 is 1.45 bits per heavy atom. The summed E-state index contributed by atoms with van der Waals surface area (Å²) in [5.74, 6) is 0.0588. The van der Waals surface area contributed by atoms with Gasteiger partial charge < -0.3 is 21.0 Å². The van der Waals surface area contributed by atoms with Crippen molar-refractivity contribution >= 4 is 11.7 Å². The summed E-state index contributed by atoms with van der Waals surface area (Å²) in [7, 11) is 1.63. The zero-order valence-electron chi connectivity index (χ0n) is 11.8. The first kappa shape index (κ1) is 16.0. The summed E-state index contributed by atoms with van der Waals surface area (Å²) >= 11 is 0. The zero-order chi connectivity index (χ0) is 15.0. The van der Waals surface area contributed by atoms with Crippen LogP contribution in [0.15, 0.2) is 29.4 Å². The molecular weight excluding hydrogens is 258 g/mol. The third-order valence-corrected chi connectivity index (χ3v) is 3.03. The third kappa shape index (κ3) is 5.27. The molecule has 0 spiro atoms. The lowest BCUT2D eigenvalue weighted by atomic mass is 10.1. The lowest BCUT2D eigenvalue weighted by molar-refractivity contribution is -0.121. The maximum atomic E-state index is 11.6. The molecule has 0 saturated heterocycles. The minimum absolute atomic E-state index is 0.00517. The van der Waals surface area contributed by atoms with E-state index in [0.717, 1.165) is 5.56 Å². The molecule has 1 aromatic rings. The van der Waals surface area contributed by atoms with Gasteiger partial charge in [-0.3, -0.25) is 4.79 Å². The van der Waals surface area contributed by atoms with E-state index in [9.17, 15) is 4.79 Å². The molecule has 1 aromatic carbocycles. The Bertz CT molecular complexity index is 457. The predicted molar refractivity (Wildman–Crippen MR) is 76.5 cm³/mol. The van der Waals surface area contributed by atoms with Gasteiger partial charge in [0.1, 0.15) is 0 Å². The molecule has 6 heteroatoms. The number of hydrogen-bond acceptors (Lipinski definition) is 4. The average Bonchev–Trinajstić information content (AvgIpc) is 2.50. The molecule has 20 heavy (non-hydrogen) atoms. The van der Waals surface area contributed by atoms with Crippen LogP contribution in [-0.4, -0.2) is 30.2 Å². The SMILES string of the molecule is COC(C)CCC(=O)NCc1ccc(/C(N)=N/O)cc1. The maximum Gasteiger partial charge on any atom is 0.220 e. The van der Waals surface area contributed by atoms with Crippen LogP contribution in [0.3, 0.4) is 0 Å². The number of nitrogens with one attached hydrogen (secondary N) is 1. The summed E-state index contributed by atoms with van der Waals surface area (Å²) in [6.45, 7) is 2.38. The van der Waals surface area contributed by atoms with Gasteiger partial charge in [-0.2, -0.15) is 0 Å². The number of rotatable bonds is 7. The number of nitrogens with two attached hydrogens (primary N) is 1. The molecule has 0 heterocycles. The summed E-state index contributed by atoms with van der Waals surface area (Å²) < 4.78 is 5.09. The summed E-state index contributed by atoms with van der Waals surface area (Å²) in [5.41, 5.74) is 7.05. The molecule has 0 aliphatic heterocycles. The summed E-state index contributed by atoms with van der Waals surface area (Å²) in [5, 5.41) is 14.3. The molecule has 1 atom stereocenters. The van der Waals surface area contributed by atoms with E-state index in [1.807, 2.05) is 19.1 Å². The molecule has 0 radical (unpaired) electrons. The highest BCUT2D eigenvalue weighted by Gasteiger charge is 2.06. The molecule has 0 saturated carbocycles. The Kier molecular flexibility index (Phi) is 6.52. The van der Waals surface area contributed by atoms with Gasteiger partial charge in [-0.15, -0.1) is 0 Å². The van der Waals surface area contributed by atoms with Gasteiger partial charge in [-0.05, 0) is 18.9 Å². The molecule has 1 rings (SSSR count). The minimum atomic E-state index is -0.00517. The topological polar surface area (TPSA) is 96.9 Å². The Morgan fingerprint density at radius 3 is 2.65 bits per heavy atom. The fourth-order valence-corrected chi connectivity index (χ4v) is 1.59. The van der Waals surface area contributed by atoms with Gasteiger partial charge in [-0.25, -0.2) is 0 Å². The van der Waals surface area contributed by atoms with Crippen LogP contribution >= 0.6 is 0 Å². The second kappa shape index (κ2) is 8.16. The van der Waals surface area contributed by atoms with Crippen LogP contribution in [0.5, 0.6) is 0 Å². The van der Waals surface area contributed by atoms with Crippen molar-refractivity contribution in [2.24, 2.45) is 10.9 Å². The predicted octanol–water partition coefficient (Wildman–Crippen LogP) is 1.21. The summed E-state index contributed by atoms with van der Waals surface area (Å²) in [6, 6.07) is 7.13. The molecule has 6 nitrogen and oxygen atoms in total. The second-order valence-electron chi connectivity index (χ2n) is 4.54. The van der Waals surface area contributed by atoms with E-state index in [1.165, 1.54) is 0 Å². The van der Waals surface area contributed by atoms with Crippen molar-refractivity contribution in [1.29, 1.82) is 0 Å². The van der Waals surface area contributed by atoms with E-state index in [-0.39, 0.29) is 17.8 Å². The number of carbonyl (C=O) groups is 1. The van der Waals surface area contributed by atoms with Crippen molar-refractivity contribution in [2.45, 2.75) is 32.4 Å². The lowest BCUT2D eigenvalue weighted by Crippen LogP contribution is -2.24. The largest absolute Gasteiger partial charge is 0.409 e. The standard InChI is InChI=1S/C14H21N3O3/c1-10(20-2)3-8-13(18)16-9-11-4-6-12(7-5-11)14(15)17-19/h4-7,10,19H,3,8-9H2,1-2H3,(H2,15,17)(H,16,18). The number of amidine groups is 1. The third-order valence-electron chi connectivity index (χ3n) is 3.03. The Balaban J connectivity index is 2.40.